The first-order valence-corrected chi connectivity index (χ1v) is 11.2. The highest BCUT2D eigenvalue weighted by molar-refractivity contribution is 9.10. The molecule has 0 aliphatic carbocycles. The Morgan fingerprint density at radius 2 is 1.90 bits per heavy atom. The van der Waals surface area contributed by atoms with Gasteiger partial charge in [0, 0.05) is 15.1 Å². The number of amides is 3. The number of hydrogen-bond donors (Lipinski definition) is 2. The Bertz CT molecular complexity index is 1040. The standard InChI is InChI=1S/C21H18BrN3O4S/c1-30-15-8-2-12(3-9-15)19-18-16(11-29-20(18)27)25(21(28)24-19)10-17(26)23-14-6-4-13(22)5-7-14/h2-9,19H,10-11H2,1H3,(H,23,26)(H,24,28)/t19-/m0/s1. The first-order chi connectivity index (χ1) is 14.5. The molecule has 0 saturated carbocycles. The maximum Gasteiger partial charge on any atom is 0.338 e. The summed E-state index contributed by atoms with van der Waals surface area (Å²) in [6, 6.07) is 13.7. The van der Waals surface area contributed by atoms with Gasteiger partial charge in [-0.15, -0.1) is 11.8 Å². The third-order valence-electron chi connectivity index (χ3n) is 4.88. The van der Waals surface area contributed by atoms with Crippen LogP contribution in [0.15, 0.2) is 69.2 Å². The SMILES string of the molecule is CSc1ccc([C@@H]2NC(=O)N(CC(=O)Nc3ccc(Br)cc3)C3=C2C(=O)OC3)cc1. The highest BCUT2D eigenvalue weighted by atomic mass is 79.9. The van der Waals surface area contributed by atoms with Crippen molar-refractivity contribution in [1.29, 1.82) is 0 Å². The number of halogens is 1. The van der Waals surface area contributed by atoms with Crippen LogP contribution in [0.3, 0.4) is 0 Å². The molecule has 7 nitrogen and oxygen atoms in total. The largest absolute Gasteiger partial charge is 0.456 e. The number of benzene rings is 2. The number of ether oxygens (including phenoxy) is 1. The molecule has 0 bridgehead atoms. The van der Waals surface area contributed by atoms with E-state index in [-0.39, 0.29) is 19.1 Å². The van der Waals surface area contributed by atoms with E-state index in [0.29, 0.717) is 17.0 Å². The maximum atomic E-state index is 12.8. The molecular weight excluding hydrogens is 470 g/mol. The molecule has 2 aliphatic rings. The minimum atomic E-state index is -0.607. The first kappa shape index (κ1) is 20.5. The van der Waals surface area contributed by atoms with Crippen LogP contribution >= 0.6 is 27.7 Å². The highest BCUT2D eigenvalue weighted by Crippen LogP contribution is 2.35. The molecule has 2 aromatic carbocycles. The van der Waals surface area contributed by atoms with E-state index in [4.69, 9.17) is 4.74 Å². The lowest BCUT2D eigenvalue weighted by atomic mass is 9.96. The zero-order valence-electron chi connectivity index (χ0n) is 16.0. The van der Waals surface area contributed by atoms with Gasteiger partial charge in [-0.1, -0.05) is 28.1 Å². The number of carbonyl (C=O) groups is 3. The van der Waals surface area contributed by atoms with Crippen molar-refractivity contribution in [3.05, 3.63) is 69.8 Å². The molecule has 4 rings (SSSR count). The van der Waals surface area contributed by atoms with Crippen LogP contribution in [0.5, 0.6) is 0 Å². The summed E-state index contributed by atoms with van der Waals surface area (Å²) in [5, 5.41) is 5.59. The van der Waals surface area contributed by atoms with Gasteiger partial charge in [0.25, 0.3) is 0 Å². The van der Waals surface area contributed by atoms with Crippen molar-refractivity contribution in [2.24, 2.45) is 0 Å². The molecule has 1 atom stereocenters. The van der Waals surface area contributed by atoms with E-state index in [1.165, 1.54) is 4.90 Å². The minimum Gasteiger partial charge on any atom is -0.456 e. The van der Waals surface area contributed by atoms with E-state index < -0.39 is 18.0 Å². The van der Waals surface area contributed by atoms with Crippen molar-refractivity contribution >= 4 is 51.3 Å². The number of anilines is 1. The molecular formula is C21H18BrN3O4S. The summed E-state index contributed by atoms with van der Waals surface area (Å²) in [6.07, 6.45) is 1.98. The van der Waals surface area contributed by atoms with Crippen LogP contribution < -0.4 is 10.6 Å². The van der Waals surface area contributed by atoms with Gasteiger partial charge in [-0.2, -0.15) is 0 Å². The smallest absolute Gasteiger partial charge is 0.338 e. The molecule has 0 unspecified atom stereocenters. The van der Waals surface area contributed by atoms with Crippen LogP contribution in [0, 0.1) is 0 Å². The van der Waals surface area contributed by atoms with E-state index >= 15 is 0 Å². The van der Waals surface area contributed by atoms with Gasteiger partial charge < -0.3 is 15.4 Å². The third-order valence-corrected chi connectivity index (χ3v) is 6.15. The summed E-state index contributed by atoms with van der Waals surface area (Å²) < 4.78 is 6.09. The van der Waals surface area contributed by atoms with Crippen molar-refractivity contribution < 1.29 is 19.1 Å². The van der Waals surface area contributed by atoms with E-state index in [1.54, 1.807) is 36.0 Å². The summed E-state index contributed by atoms with van der Waals surface area (Å²) in [5.41, 5.74) is 2.18. The van der Waals surface area contributed by atoms with Crippen molar-refractivity contribution in [3.63, 3.8) is 0 Å². The van der Waals surface area contributed by atoms with Crippen LogP contribution in [-0.2, 0) is 14.3 Å². The Morgan fingerprint density at radius 1 is 1.20 bits per heavy atom. The van der Waals surface area contributed by atoms with Crippen LogP contribution in [0.1, 0.15) is 11.6 Å². The second kappa shape index (κ2) is 8.53. The molecule has 0 fully saturated rings. The Balaban J connectivity index is 1.57. The topological polar surface area (TPSA) is 87.7 Å². The van der Waals surface area contributed by atoms with Crippen LogP contribution in [0.25, 0.3) is 0 Å². The Kier molecular flexibility index (Phi) is 5.83. The third kappa shape index (κ3) is 4.08. The summed E-state index contributed by atoms with van der Waals surface area (Å²) in [6.45, 7) is -0.262. The van der Waals surface area contributed by atoms with Gasteiger partial charge in [0.1, 0.15) is 13.2 Å². The van der Waals surface area contributed by atoms with E-state index in [1.807, 2.05) is 30.5 Å². The summed E-state index contributed by atoms with van der Waals surface area (Å²) in [5.74, 6) is -0.858. The monoisotopic (exact) mass is 487 g/mol. The second-order valence-electron chi connectivity index (χ2n) is 6.73. The summed E-state index contributed by atoms with van der Waals surface area (Å²) in [7, 11) is 0. The van der Waals surface area contributed by atoms with Gasteiger partial charge in [0.15, 0.2) is 0 Å². The lowest BCUT2D eigenvalue weighted by molar-refractivity contribution is -0.136. The molecule has 3 amide bonds. The first-order valence-electron chi connectivity index (χ1n) is 9.14. The number of urea groups is 1. The van der Waals surface area contributed by atoms with Crippen molar-refractivity contribution in [3.8, 4) is 0 Å². The zero-order chi connectivity index (χ0) is 21.3. The van der Waals surface area contributed by atoms with Gasteiger partial charge >= 0.3 is 12.0 Å². The Morgan fingerprint density at radius 3 is 2.57 bits per heavy atom. The predicted octanol–water partition coefficient (Wildman–Crippen LogP) is 3.69. The molecule has 2 aliphatic heterocycles. The van der Waals surface area contributed by atoms with Gasteiger partial charge in [-0.05, 0) is 48.2 Å². The molecule has 2 aromatic rings. The fourth-order valence-corrected chi connectivity index (χ4v) is 4.07. The van der Waals surface area contributed by atoms with Crippen LogP contribution in [0.4, 0.5) is 10.5 Å². The summed E-state index contributed by atoms with van der Waals surface area (Å²) in [4.78, 5) is 40.1. The lowest BCUT2D eigenvalue weighted by Gasteiger charge is -2.32. The van der Waals surface area contributed by atoms with Gasteiger partial charge in [0.2, 0.25) is 5.91 Å². The molecule has 0 spiro atoms. The average Bonchev–Trinajstić information content (AvgIpc) is 3.13. The van der Waals surface area contributed by atoms with E-state index in [2.05, 4.69) is 26.6 Å². The molecule has 154 valence electrons. The Hall–Kier alpha value is -2.78. The second-order valence-corrected chi connectivity index (χ2v) is 8.53. The predicted molar refractivity (Wildman–Crippen MR) is 117 cm³/mol. The minimum absolute atomic E-state index is 0.0352. The van der Waals surface area contributed by atoms with E-state index in [0.717, 1.165) is 14.9 Å². The number of nitrogens with one attached hydrogen (secondary N) is 2. The number of carbonyl (C=O) groups excluding carboxylic acids is 3. The molecule has 0 aromatic heterocycles. The fraction of sp³-hybridized carbons (Fsp3) is 0.190. The number of cyclic esters (lactones) is 1. The van der Waals surface area contributed by atoms with E-state index in [9.17, 15) is 14.4 Å². The van der Waals surface area contributed by atoms with Gasteiger partial charge in [-0.3, -0.25) is 9.69 Å². The van der Waals surface area contributed by atoms with Crippen molar-refractivity contribution in [1.82, 2.24) is 10.2 Å². The molecule has 0 radical (unpaired) electrons. The maximum absolute atomic E-state index is 12.8. The number of hydrogen-bond acceptors (Lipinski definition) is 5. The molecule has 0 saturated heterocycles. The number of nitrogens with zero attached hydrogens (tertiary/aromatic N) is 1. The van der Waals surface area contributed by atoms with Crippen LogP contribution in [0.2, 0.25) is 0 Å². The molecule has 2 heterocycles. The molecule has 2 N–H and O–H groups in total. The molecule has 9 heteroatoms. The normalized spacial score (nSPS) is 18.1. The van der Waals surface area contributed by atoms with Gasteiger partial charge in [-0.25, -0.2) is 9.59 Å². The fourth-order valence-electron chi connectivity index (χ4n) is 3.40. The summed E-state index contributed by atoms with van der Waals surface area (Å²) >= 11 is 4.95. The zero-order valence-corrected chi connectivity index (χ0v) is 18.4. The lowest BCUT2D eigenvalue weighted by Crippen LogP contribution is -2.49. The van der Waals surface area contributed by atoms with Crippen molar-refractivity contribution in [2.75, 3.05) is 24.7 Å². The Labute approximate surface area is 186 Å². The molecule has 30 heavy (non-hydrogen) atoms. The number of thioether (sulfide) groups is 1. The quantitative estimate of drug-likeness (QED) is 0.495. The van der Waals surface area contributed by atoms with Crippen molar-refractivity contribution in [2.45, 2.75) is 10.9 Å². The number of esters is 1. The van der Waals surface area contributed by atoms with Gasteiger partial charge in [0.05, 0.1) is 17.3 Å². The highest BCUT2D eigenvalue weighted by Gasteiger charge is 2.42. The number of rotatable bonds is 5. The average molecular weight is 488 g/mol. The van der Waals surface area contributed by atoms with Crippen LogP contribution in [-0.4, -0.2) is 42.2 Å².